The van der Waals surface area contributed by atoms with Crippen LogP contribution in [0.3, 0.4) is 0 Å². The molecule has 1 heterocycles. The van der Waals surface area contributed by atoms with E-state index < -0.39 is 0 Å². The van der Waals surface area contributed by atoms with Crippen molar-refractivity contribution in [3.8, 4) is 5.75 Å². The third-order valence-corrected chi connectivity index (χ3v) is 3.32. The Balaban J connectivity index is 1.68. The molecular weight excluding hydrogens is 236 g/mol. The smallest absolute Gasteiger partial charge is 0.123 e. The van der Waals surface area contributed by atoms with Crippen LogP contribution in [0, 0.1) is 5.92 Å². The SMILES string of the molecule is CC(C)CNCCNCc1ccc2c(c1)CC(C)O2. The summed E-state index contributed by atoms with van der Waals surface area (Å²) in [5, 5.41) is 6.91. The van der Waals surface area contributed by atoms with Gasteiger partial charge in [0, 0.05) is 26.1 Å². The molecule has 0 radical (unpaired) electrons. The molecule has 1 aromatic rings. The minimum absolute atomic E-state index is 0.332. The van der Waals surface area contributed by atoms with Gasteiger partial charge in [0.25, 0.3) is 0 Å². The lowest BCUT2D eigenvalue weighted by molar-refractivity contribution is 0.254. The lowest BCUT2D eigenvalue weighted by atomic mass is 10.1. The molecule has 1 aromatic carbocycles. The Kier molecular flexibility index (Phi) is 5.23. The lowest BCUT2D eigenvalue weighted by Gasteiger charge is -2.09. The maximum atomic E-state index is 5.71. The first-order valence-corrected chi connectivity index (χ1v) is 7.35. The van der Waals surface area contributed by atoms with Gasteiger partial charge in [0.2, 0.25) is 0 Å². The quantitative estimate of drug-likeness (QED) is 0.740. The molecule has 0 amide bonds. The summed E-state index contributed by atoms with van der Waals surface area (Å²) in [6, 6.07) is 6.53. The molecule has 0 saturated carbocycles. The molecule has 2 N–H and O–H groups in total. The van der Waals surface area contributed by atoms with Crippen LogP contribution < -0.4 is 15.4 Å². The summed E-state index contributed by atoms with van der Waals surface area (Å²) in [6.45, 7) is 10.7. The molecular formula is C16H26N2O. The van der Waals surface area contributed by atoms with Crippen LogP contribution in [-0.4, -0.2) is 25.7 Å². The van der Waals surface area contributed by atoms with Crippen molar-refractivity contribution in [3.05, 3.63) is 29.3 Å². The van der Waals surface area contributed by atoms with E-state index in [0.717, 1.165) is 44.3 Å². The first-order valence-electron chi connectivity index (χ1n) is 7.35. The van der Waals surface area contributed by atoms with Crippen LogP contribution in [0.2, 0.25) is 0 Å². The highest BCUT2D eigenvalue weighted by Gasteiger charge is 2.18. The standard InChI is InChI=1S/C16H26N2O/c1-12(2)10-17-6-7-18-11-14-4-5-16-15(9-14)8-13(3)19-16/h4-5,9,12-13,17-18H,6-8,10-11H2,1-3H3. The van der Waals surface area contributed by atoms with E-state index in [9.17, 15) is 0 Å². The summed E-state index contributed by atoms with van der Waals surface area (Å²) in [4.78, 5) is 0. The summed E-state index contributed by atoms with van der Waals surface area (Å²) in [6.07, 6.45) is 1.37. The molecule has 106 valence electrons. The minimum Gasteiger partial charge on any atom is -0.490 e. The van der Waals surface area contributed by atoms with Gasteiger partial charge in [-0.15, -0.1) is 0 Å². The van der Waals surface area contributed by atoms with Gasteiger partial charge in [0.05, 0.1) is 0 Å². The number of rotatable bonds is 7. The van der Waals surface area contributed by atoms with Crippen molar-refractivity contribution in [1.82, 2.24) is 10.6 Å². The molecule has 1 atom stereocenters. The van der Waals surface area contributed by atoms with Crippen molar-refractivity contribution < 1.29 is 4.74 Å². The number of fused-ring (bicyclic) bond motifs is 1. The van der Waals surface area contributed by atoms with Crippen LogP contribution in [-0.2, 0) is 13.0 Å². The van der Waals surface area contributed by atoms with E-state index in [1.165, 1.54) is 11.1 Å². The van der Waals surface area contributed by atoms with Gasteiger partial charge in [-0.3, -0.25) is 0 Å². The predicted octanol–water partition coefficient (Wildman–Crippen LogP) is 2.35. The molecule has 19 heavy (non-hydrogen) atoms. The van der Waals surface area contributed by atoms with E-state index in [2.05, 4.69) is 49.6 Å². The zero-order chi connectivity index (χ0) is 13.7. The van der Waals surface area contributed by atoms with Gasteiger partial charge >= 0.3 is 0 Å². The van der Waals surface area contributed by atoms with E-state index in [1.54, 1.807) is 0 Å². The number of hydrogen-bond acceptors (Lipinski definition) is 3. The average molecular weight is 262 g/mol. The van der Waals surface area contributed by atoms with E-state index in [1.807, 2.05) is 0 Å². The van der Waals surface area contributed by atoms with E-state index in [-0.39, 0.29) is 0 Å². The van der Waals surface area contributed by atoms with Gasteiger partial charge < -0.3 is 15.4 Å². The predicted molar refractivity (Wildman–Crippen MR) is 79.7 cm³/mol. The van der Waals surface area contributed by atoms with Gasteiger partial charge in [-0.25, -0.2) is 0 Å². The molecule has 3 heteroatoms. The summed E-state index contributed by atoms with van der Waals surface area (Å²) in [5.41, 5.74) is 2.70. The first-order chi connectivity index (χ1) is 9.15. The summed E-state index contributed by atoms with van der Waals surface area (Å²) in [5.74, 6) is 1.79. The van der Waals surface area contributed by atoms with Crippen molar-refractivity contribution in [3.63, 3.8) is 0 Å². The molecule has 1 unspecified atom stereocenters. The summed E-state index contributed by atoms with van der Waals surface area (Å²) >= 11 is 0. The normalized spacial score (nSPS) is 17.6. The zero-order valence-electron chi connectivity index (χ0n) is 12.3. The average Bonchev–Trinajstić information content (AvgIpc) is 2.72. The summed E-state index contributed by atoms with van der Waals surface area (Å²) < 4.78 is 5.71. The minimum atomic E-state index is 0.332. The third kappa shape index (κ3) is 4.51. The second kappa shape index (κ2) is 6.92. The number of nitrogens with one attached hydrogen (secondary N) is 2. The fourth-order valence-corrected chi connectivity index (χ4v) is 2.39. The van der Waals surface area contributed by atoms with Crippen molar-refractivity contribution in [2.24, 2.45) is 5.92 Å². The highest BCUT2D eigenvalue weighted by molar-refractivity contribution is 5.40. The highest BCUT2D eigenvalue weighted by atomic mass is 16.5. The molecule has 1 aliphatic rings. The fourth-order valence-electron chi connectivity index (χ4n) is 2.39. The Labute approximate surface area is 116 Å². The molecule has 0 spiro atoms. The van der Waals surface area contributed by atoms with Gasteiger partial charge in [-0.2, -0.15) is 0 Å². The molecule has 0 aromatic heterocycles. The van der Waals surface area contributed by atoms with Crippen molar-refractivity contribution >= 4 is 0 Å². The Bertz CT molecular complexity index is 404. The van der Waals surface area contributed by atoms with Crippen LogP contribution in [0.1, 0.15) is 31.9 Å². The molecule has 0 bridgehead atoms. The largest absolute Gasteiger partial charge is 0.490 e. The first kappa shape index (κ1) is 14.4. The third-order valence-electron chi connectivity index (χ3n) is 3.32. The Morgan fingerprint density at radius 1 is 1.26 bits per heavy atom. The molecule has 0 saturated heterocycles. The van der Waals surface area contributed by atoms with Gasteiger partial charge in [0.15, 0.2) is 0 Å². The molecule has 0 aliphatic carbocycles. The van der Waals surface area contributed by atoms with Crippen LogP contribution in [0.15, 0.2) is 18.2 Å². The number of hydrogen-bond donors (Lipinski definition) is 2. The Morgan fingerprint density at radius 2 is 2.05 bits per heavy atom. The van der Waals surface area contributed by atoms with E-state index in [4.69, 9.17) is 4.74 Å². The zero-order valence-corrected chi connectivity index (χ0v) is 12.3. The van der Waals surface area contributed by atoms with Crippen molar-refractivity contribution in [1.29, 1.82) is 0 Å². The van der Waals surface area contributed by atoms with E-state index >= 15 is 0 Å². The highest BCUT2D eigenvalue weighted by Crippen LogP contribution is 2.29. The summed E-state index contributed by atoms with van der Waals surface area (Å²) in [7, 11) is 0. The van der Waals surface area contributed by atoms with Crippen LogP contribution in [0.5, 0.6) is 5.75 Å². The molecule has 1 aliphatic heterocycles. The topological polar surface area (TPSA) is 33.3 Å². The van der Waals surface area contributed by atoms with Gasteiger partial charge in [0.1, 0.15) is 11.9 Å². The second-order valence-electron chi connectivity index (χ2n) is 5.85. The van der Waals surface area contributed by atoms with Crippen LogP contribution in [0.4, 0.5) is 0 Å². The monoisotopic (exact) mass is 262 g/mol. The van der Waals surface area contributed by atoms with Crippen molar-refractivity contribution in [2.75, 3.05) is 19.6 Å². The Hall–Kier alpha value is -1.06. The van der Waals surface area contributed by atoms with Crippen molar-refractivity contribution in [2.45, 2.75) is 39.8 Å². The second-order valence-corrected chi connectivity index (χ2v) is 5.85. The van der Waals surface area contributed by atoms with E-state index in [0.29, 0.717) is 6.10 Å². The lowest BCUT2D eigenvalue weighted by Crippen LogP contribution is -2.29. The molecule has 0 fully saturated rings. The maximum Gasteiger partial charge on any atom is 0.123 e. The fraction of sp³-hybridized carbons (Fsp3) is 0.625. The maximum absolute atomic E-state index is 5.71. The van der Waals surface area contributed by atoms with Crippen LogP contribution in [0.25, 0.3) is 0 Å². The molecule has 3 nitrogen and oxygen atoms in total. The van der Waals surface area contributed by atoms with Crippen LogP contribution >= 0.6 is 0 Å². The number of ether oxygens (including phenoxy) is 1. The van der Waals surface area contributed by atoms with Gasteiger partial charge in [-0.05, 0) is 36.6 Å². The molecule has 2 rings (SSSR count). The van der Waals surface area contributed by atoms with Gasteiger partial charge in [-0.1, -0.05) is 26.0 Å². The Morgan fingerprint density at radius 3 is 2.84 bits per heavy atom. The number of benzene rings is 1.